The summed E-state index contributed by atoms with van der Waals surface area (Å²) in [7, 11) is 0. The molecular formula is C16H13N3O2S. The number of non-ortho nitro benzene ring substituents is 1. The molecule has 0 spiro atoms. The monoisotopic (exact) mass is 311 g/mol. The number of thiazole rings is 1. The zero-order chi connectivity index (χ0) is 15.5. The van der Waals surface area contributed by atoms with Gasteiger partial charge in [0.1, 0.15) is 0 Å². The average molecular weight is 311 g/mol. The van der Waals surface area contributed by atoms with Crippen molar-refractivity contribution < 1.29 is 4.92 Å². The number of hydrogen-bond acceptors (Lipinski definition) is 5. The molecule has 0 radical (unpaired) electrons. The van der Waals surface area contributed by atoms with Crippen LogP contribution in [-0.2, 0) is 6.42 Å². The first-order valence-corrected chi connectivity index (χ1v) is 7.53. The van der Waals surface area contributed by atoms with E-state index in [4.69, 9.17) is 5.73 Å². The SMILES string of the molecule is Nc1ccc(Cc2nc(-c3ccc([N+](=O)[O-])cc3)cs2)cc1. The number of hydrogen-bond donors (Lipinski definition) is 1. The molecule has 22 heavy (non-hydrogen) atoms. The molecule has 110 valence electrons. The lowest BCUT2D eigenvalue weighted by Crippen LogP contribution is -1.90. The summed E-state index contributed by atoms with van der Waals surface area (Å²) < 4.78 is 0. The van der Waals surface area contributed by atoms with E-state index in [0.717, 1.165) is 33.9 Å². The average Bonchev–Trinajstić information content (AvgIpc) is 2.98. The van der Waals surface area contributed by atoms with Crippen LogP contribution in [0.1, 0.15) is 10.6 Å². The van der Waals surface area contributed by atoms with Crippen molar-refractivity contribution in [1.29, 1.82) is 0 Å². The Hall–Kier alpha value is -2.73. The standard InChI is InChI=1S/C16H13N3O2S/c17-13-5-1-11(2-6-13)9-16-18-15(10-22-16)12-3-7-14(8-4-12)19(20)21/h1-8,10H,9,17H2. The summed E-state index contributed by atoms with van der Waals surface area (Å²) in [6.07, 6.45) is 0.748. The van der Waals surface area contributed by atoms with E-state index in [0.29, 0.717) is 0 Å². The van der Waals surface area contributed by atoms with Crippen LogP contribution in [0.3, 0.4) is 0 Å². The summed E-state index contributed by atoms with van der Waals surface area (Å²) in [5.74, 6) is 0. The third kappa shape index (κ3) is 3.12. The summed E-state index contributed by atoms with van der Waals surface area (Å²) in [6.45, 7) is 0. The molecular weight excluding hydrogens is 298 g/mol. The van der Waals surface area contributed by atoms with Crippen molar-refractivity contribution in [2.45, 2.75) is 6.42 Å². The van der Waals surface area contributed by atoms with Gasteiger partial charge in [0, 0.05) is 35.2 Å². The molecule has 3 aromatic rings. The minimum Gasteiger partial charge on any atom is -0.399 e. The Morgan fingerprint density at radius 3 is 2.41 bits per heavy atom. The largest absolute Gasteiger partial charge is 0.399 e. The van der Waals surface area contributed by atoms with Crippen LogP contribution in [-0.4, -0.2) is 9.91 Å². The summed E-state index contributed by atoms with van der Waals surface area (Å²) in [5, 5.41) is 13.6. The Morgan fingerprint density at radius 1 is 1.09 bits per heavy atom. The normalized spacial score (nSPS) is 10.5. The van der Waals surface area contributed by atoms with Crippen LogP contribution in [0.5, 0.6) is 0 Å². The predicted molar refractivity (Wildman–Crippen MR) is 87.9 cm³/mol. The van der Waals surface area contributed by atoms with Gasteiger partial charge in [-0.15, -0.1) is 11.3 Å². The van der Waals surface area contributed by atoms with Gasteiger partial charge >= 0.3 is 0 Å². The zero-order valence-corrected chi connectivity index (χ0v) is 12.4. The summed E-state index contributed by atoms with van der Waals surface area (Å²) >= 11 is 1.58. The molecule has 0 aliphatic heterocycles. The van der Waals surface area contributed by atoms with Crippen LogP contribution in [0.2, 0.25) is 0 Å². The van der Waals surface area contributed by atoms with Crippen molar-refractivity contribution in [2.24, 2.45) is 0 Å². The Balaban J connectivity index is 1.78. The fourth-order valence-electron chi connectivity index (χ4n) is 2.09. The topological polar surface area (TPSA) is 82.0 Å². The van der Waals surface area contributed by atoms with E-state index < -0.39 is 4.92 Å². The van der Waals surface area contributed by atoms with Gasteiger partial charge in [-0.1, -0.05) is 12.1 Å². The number of nitrogens with zero attached hydrogens (tertiary/aromatic N) is 2. The molecule has 2 aromatic carbocycles. The number of benzene rings is 2. The number of nitro groups is 1. The van der Waals surface area contributed by atoms with Crippen LogP contribution < -0.4 is 5.73 Å². The number of nitrogens with two attached hydrogens (primary N) is 1. The van der Waals surface area contributed by atoms with Gasteiger partial charge in [0.05, 0.1) is 15.6 Å². The molecule has 5 nitrogen and oxygen atoms in total. The first kappa shape index (κ1) is 14.2. The van der Waals surface area contributed by atoms with Gasteiger partial charge in [-0.3, -0.25) is 10.1 Å². The second kappa shape index (κ2) is 5.95. The van der Waals surface area contributed by atoms with Gasteiger partial charge in [-0.25, -0.2) is 4.98 Å². The second-order valence-corrected chi connectivity index (χ2v) is 5.79. The summed E-state index contributed by atoms with van der Waals surface area (Å²) in [6, 6.07) is 14.2. The smallest absolute Gasteiger partial charge is 0.269 e. The molecule has 0 amide bonds. The maximum absolute atomic E-state index is 10.7. The van der Waals surface area contributed by atoms with Crippen molar-refractivity contribution in [1.82, 2.24) is 4.98 Å². The molecule has 0 unspecified atom stereocenters. The van der Waals surface area contributed by atoms with Gasteiger partial charge in [0.25, 0.3) is 5.69 Å². The second-order valence-electron chi connectivity index (χ2n) is 4.85. The first-order chi connectivity index (χ1) is 10.6. The highest BCUT2D eigenvalue weighted by atomic mass is 32.1. The van der Waals surface area contributed by atoms with Gasteiger partial charge in [-0.05, 0) is 29.8 Å². The number of rotatable bonds is 4. The highest BCUT2D eigenvalue weighted by Crippen LogP contribution is 2.25. The molecule has 1 aromatic heterocycles. The number of aromatic nitrogens is 1. The quantitative estimate of drug-likeness (QED) is 0.450. The van der Waals surface area contributed by atoms with Gasteiger partial charge < -0.3 is 5.73 Å². The van der Waals surface area contributed by atoms with E-state index in [2.05, 4.69) is 4.98 Å². The van der Waals surface area contributed by atoms with Crippen LogP contribution in [0.25, 0.3) is 11.3 Å². The number of nitro benzene ring substituents is 1. The fraction of sp³-hybridized carbons (Fsp3) is 0.0625. The van der Waals surface area contributed by atoms with Crippen molar-refractivity contribution in [2.75, 3.05) is 5.73 Å². The third-order valence-electron chi connectivity index (χ3n) is 3.26. The lowest BCUT2D eigenvalue weighted by atomic mass is 10.1. The molecule has 0 aliphatic rings. The molecule has 0 saturated carbocycles. The maximum Gasteiger partial charge on any atom is 0.269 e. The van der Waals surface area contributed by atoms with Crippen molar-refractivity contribution in [3.05, 3.63) is 74.6 Å². The third-order valence-corrected chi connectivity index (χ3v) is 4.11. The summed E-state index contributed by atoms with van der Waals surface area (Å²) in [4.78, 5) is 14.8. The molecule has 0 aliphatic carbocycles. The Morgan fingerprint density at radius 2 is 1.77 bits per heavy atom. The molecule has 0 saturated heterocycles. The Kier molecular flexibility index (Phi) is 3.84. The fourth-order valence-corrected chi connectivity index (χ4v) is 2.93. The minimum absolute atomic E-state index is 0.0843. The van der Waals surface area contributed by atoms with E-state index in [-0.39, 0.29) is 5.69 Å². The van der Waals surface area contributed by atoms with Crippen LogP contribution >= 0.6 is 11.3 Å². The highest BCUT2D eigenvalue weighted by molar-refractivity contribution is 7.10. The van der Waals surface area contributed by atoms with E-state index in [1.54, 1.807) is 23.5 Å². The molecule has 1 heterocycles. The lowest BCUT2D eigenvalue weighted by molar-refractivity contribution is -0.384. The Labute approximate surface area is 131 Å². The van der Waals surface area contributed by atoms with Gasteiger partial charge in [0.15, 0.2) is 0 Å². The molecule has 0 atom stereocenters. The molecule has 6 heteroatoms. The van der Waals surface area contributed by atoms with Crippen molar-refractivity contribution in [3.8, 4) is 11.3 Å². The predicted octanol–water partition coefficient (Wildman–Crippen LogP) is 3.89. The van der Waals surface area contributed by atoms with Gasteiger partial charge in [-0.2, -0.15) is 0 Å². The minimum atomic E-state index is -0.405. The van der Waals surface area contributed by atoms with Crippen LogP contribution in [0.15, 0.2) is 53.9 Å². The zero-order valence-electron chi connectivity index (χ0n) is 11.6. The number of anilines is 1. The van der Waals surface area contributed by atoms with Crippen LogP contribution in [0.4, 0.5) is 11.4 Å². The van der Waals surface area contributed by atoms with Crippen LogP contribution in [0, 0.1) is 10.1 Å². The summed E-state index contributed by atoms with van der Waals surface area (Å²) in [5.41, 5.74) is 9.37. The van der Waals surface area contributed by atoms with E-state index in [9.17, 15) is 10.1 Å². The number of nitrogen functional groups attached to an aromatic ring is 1. The van der Waals surface area contributed by atoms with Crippen molar-refractivity contribution in [3.63, 3.8) is 0 Å². The molecule has 2 N–H and O–H groups in total. The van der Waals surface area contributed by atoms with E-state index in [1.165, 1.54) is 12.1 Å². The lowest BCUT2D eigenvalue weighted by Gasteiger charge is -1.99. The first-order valence-electron chi connectivity index (χ1n) is 6.65. The molecule has 3 rings (SSSR count). The Bertz CT molecular complexity index is 795. The molecule has 0 fully saturated rings. The molecule has 0 bridgehead atoms. The van der Waals surface area contributed by atoms with E-state index >= 15 is 0 Å². The highest BCUT2D eigenvalue weighted by Gasteiger charge is 2.08. The van der Waals surface area contributed by atoms with Crippen molar-refractivity contribution >= 4 is 22.7 Å². The van der Waals surface area contributed by atoms with Gasteiger partial charge in [0.2, 0.25) is 0 Å². The maximum atomic E-state index is 10.7. The van der Waals surface area contributed by atoms with E-state index in [1.807, 2.05) is 29.6 Å².